The number of ether oxygens (including phenoxy) is 1. The Hall–Kier alpha value is -3.14. The van der Waals surface area contributed by atoms with Crippen molar-refractivity contribution in [2.24, 2.45) is 5.10 Å². The molecule has 0 spiro atoms. The minimum absolute atomic E-state index is 0.120. The summed E-state index contributed by atoms with van der Waals surface area (Å²) in [7, 11) is 0. The van der Waals surface area contributed by atoms with E-state index < -0.39 is 0 Å². The summed E-state index contributed by atoms with van der Waals surface area (Å²) >= 11 is 0. The van der Waals surface area contributed by atoms with Gasteiger partial charge in [-0.25, -0.2) is 0 Å². The van der Waals surface area contributed by atoms with E-state index in [2.05, 4.69) is 11.7 Å². The van der Waals surface area contributed by atoms with Gasteiger partial charge in [0.25, 0.3) is 5.91 Å². The van der Waals surface area contributed by atoms with Crippen LogP contribution >= 0.6 is 0 Å². The van der Waals surface area contributed by atoms with Crippen molar-refractivity contribution in [3.63, 3.8) is 0 Å². The lowest BCUT2D eigenvalue weighted by molar-refractivity contribution is -0.114. The molecule has 0 radical (unpaired) electrons. The van der Waals surface area contributed by atoms with E-state index in [0.29, 0.717) is 17.9 Å². The number of hydrogen-bond donors (Lipinski definition) is 0. The maximum atomic E-state index is 12.6. The summed E-state index contributed by atoms with van der Waals surface area (Å²) in [5, 5.41) is 5.81. The number of carbonyl (C=O) groups excluding carboxylic acids is 1. The second-order valence-electron chi connectivity index (χ2n) is 5.36. The summed E-state index contributed by atoms with van der Waals surface area (Å²) in [5.74, 6) is 0.650. The largest absolute Gasteiger partial charge is 0.490 e. The summed E-state index contributed by atoms with van der Waals surface area (Å²) in [4.78, 5) is 12.6. The van der Waals surface area contributed by atoms with E-state index in [4.69, 9.17) is 4.74 Å². The zero-order valence-corrected chi connectivity index (χ0v) is 13.5. The number of anilines is 1. The van der Waals surface area contributed by atoms with Crippen LogP contribution in [0.4, 0.5) is 5.69 Å². The first-order chi connectivity index (χ1) is 11.7. The Kier molecular flexibility index (Phi) is 4.57. The van der Waals surface area contributed by atoms with E-state index in [0.717, 1.165) is 17.0 Å². The Morgan fingerprint density at radius 1 is 1.12 bits per heavy atom. The Morgan fingerprint density at radius 3 is 2.50 bits per heavy atom. The van der Waals surface area contributed by atoms with Gasteiger partial charge in [0.2, 0.25) is 0 Å². The van der Waals surface area contributed by atoms with Crippen molar-refractivity contribution < 1.29 is 9.53 Å². The first kappa shape index (κ1) is 15.7. The lowest BCUT2D eigenvalue weighted by atomic mass is 10.1. The van der Waals surface area contributed by atoms with Crippen LogP contribution in [0.2, 0.25) is 0 Å². The van der Waals surface area contributed by atoms with E-state index in [1.165, 1.54) is 5.01 Å². The molecule has 0 bridgehead atoms. The number of carbonyl (C=O) groups is 1. The molecule has 1 aliphatic heterocycles. The normalized spacial score (nSPS) is 15.5. The van der Waals surface area contributed by atoms with Crippen molar-refractivity contribution in [2.75, 3.05) is 11.6 Å². The van der Waals surface area contributed by atoms with Crippen molar-refractivity contribution >= 4 is 23.4 Å². The first-order valence-corrected chi connectivity index (χ1v) is 7.69. The van der Waals surface area contributed by atoms with Gasteiger partial charge in [-0.05, 0) is 42.8 Å². The third-order valence-electron chi connectivity index (χ3n) is 3.62. The van der Waals surface area contributed by atoms with Gasteiger partial charge in [-0.2, -0.15) is 10.1 Å². The molecule has 0 N–H and O–H groups in total. The zero-order valence-electron chi connectivity index (χ0n) is 13.5. The van der Waals surface area contributed by atoms with Crippen LogP contribution in [0.5, 0.6) is 5.75 Å². The summed E-state index contributed by atoms with van der Waals surface area (Å²) in [5.41, 5.74) is 2.99. The highest BCUT2D eigenvalue weighted by molar-refractivity contribution is 6.32. The average molecular weight is 318 g/mol. The van der Waals surface area contributed by atoms with Gasteiger partial charge in [-0.1, -0.05) is 43.0 Å². The second-order valence-corrected chi connectivity index (χ2v) is 5.36. The number of amides is 1. The molecule has 0 unspecified atom stereocenters. The third kappa shape index (κ3) is 3.27. The van der Waals surface area contributed by atoms with Crippen LogP contribution in [-0.4, -0.2) is 18.2 Å². The fraction of sp³-hybridized carbons (Fsp3) is 0.100. The summed E-state index contributed by atoms with van der Waals surface area (Å²) in [6.45, 7) is 5.93. The molecule has 4 nitrogen and oxygen atoms in total. The van der Waals surface area contributed by atoms with E-state index in [1.54, 1.807) is 6.08 Å². The number of rotatable bonds is 5. The molecule has 0 aliphatic carbocycles. The van der Waals surface area contributed by atoms with Crippen LogP contribution in [0.3, 0.4) is 0 Å². The van der Waals surface area contributed by atoms with Crippen molar-refractivity contribution in [3.05, 3.63) is 78.4 Å². The molecule has 1 heterocycles. The van der Waals surface area contributed by atoms with Crippen molar-refractivity contribution in [2.45, 2.75) is 6.92 Å². The summed E-state index contributed by atoms with van der Waals surface area (Å²) < 4.78 is 5.46. The average Bonchev–Trinajstić information content (AvgIpc) is 2.90. The maximum absolute atomic E-state index is 12.6. The van der Waals surface area contributed by atoms with Crippen LogP contribution < -0.4 is 9.75 Å². The Labute approximate surface area is 141 Å². The highest BCUT2D eigenvalue weighted by Gasteiger charge is 2.28. The molecular formula is C20H18N2O2. The van der Waals surface area contributed by atoms with Crippen LogP contribution in [0.25, 0.3) is 6.08 Å². The second kappa shape index (κ2) is 6.96. The van der Waals surface area contributed by atoms with Gasteiger partial charge in [0, 0.05) is 0 Å². The molecule has 2 aromatic rings. The summed E-state index contributed by atoms with van der Waals surface area (Å²) in [6.07, 6.45) is 3.55. The van der Waals surface area contributed by atoms with Gasteiger partial charge in [0.05, 0.1) is 17.0 Å². The number of benzene rings is 2. The minimum Gasteiger partial charge on any atom is -0.490 e. The van der Waals surface area contributed by atoms with Crippen LogP contribution in [-0.2, 0) is 4.79 Å². The van der Waals surface area contributed by atoms with Crippen molar-refractivity contribution in [1.82, 2.24) is 0 Å². The van der Waals surface area contributed by atoms with Gasteiger partial charge >= 0.3 is 0 Å². The van der Waals surface area contributed by atoms with E-state index in [-0.39, 0.29) is 5.91 Å². The molecule has 1 amide bonds. The predicted octanol–water partition coefficient (Wildman–Crippen LogP) is 4.06. The first-order valence-electron chi connectivity index (χ1n) is 7.69. The van der Waals surface area contributed by atoms with Crippen LogP contribution in [0.1, 0.15) is 12.5 Å². The SMILES string of the molecule is C=CCOc1ccc(C=C2C(=O)N(c3ccccc3)N=C2C)cc1. The van der Waals surface area contributed by atoms with Crippen molar-refractivity contribution in [1.29, 1.82) is 0 Å². The minimum atomic E-state index is -0.120. The maximum Gasteiger partial charge on any atom is 0.280 e. The number of para-hydroxylation sites is 1. The van der Waals surface area contributed by atoms with Gasteiger partial charge in [-0.15, -0.1) is 0 Å². The number of hydrazone groups is 1. The fourth-order valence-corrected chi connectivity index (χ4v) is 2.41. The Bertz CT molecular complexity index is 805. The zero-order chi connectivity index (χ0) is 16.9. The van der Waals surface area contributed by atoms with Gasteiger partial charge < -0.3 is 4.74 Å². The van der Waals surface area contributed by atoms with Gasteiger partial charge in [-0.3, -0.25) is 4.79 Å². The smallest absolute Gasteiger partial charge is 0.280 e. The molecule has 0 saturated heterocycles. The molecule has 0 aromatic heterocycles. The third-order valence-corrected chi connectivity index (χ3v) is 3.62. The molecule has 0 fully saturated rings. The van der Waals surface area contributed by atoms with Crippen LogP contribution in [0.15, 0.2) is 77.9 Å². The Balaban J connectivity index is 1.82. The van der Waals surface area contributed by atoms with Gasteiger partial charge in [0.15, 0.2) is 0 Å². The predicted molar refractivity (Wildman–Crippen MR) is 97.1 cm³/mol. The lowest BCUT2D eigenvalue weighted by Crippen LogP contribution is -2.21. The van der Waals surface area contributed by atoms with E-state index >= 15 is 0 Å². The molecule has 120 valence electrons. The lowest BCUT2D eigenvalue weighted by Gasteiger charge is -2.11. The highest BCUT2D eigenvalue weighted by Crippen LogP contribution is 2.25. The topological polar surface area (TPSA) is 41.9 Å². The molecule has 0 saturated carbocycles. The molecular weight excluding hydrogens is 300 g/mol. The van der Waals surface area contributed by atoms with E-state index in [9.17, 15) is 4.79 Å². The fourth-order valence-electron chi connectivity index (χ4n) is 2.41. The Morgan fingerprint density at radius 2 is 1.83 bits per heavy atom. The quantitative estimate of drug-likeness (QED) is 0.616. The molecule has 2 aromatic carbocycles. The molecule has 0 atom stereocenters. The monoisotopic (exact) mass is 318 g/mol. The van der Waals surface area contributed by atoms with Crippen molar-refractivity contribution in [3.8, 4) is 5.75 Å². The molecule has 3 rings (SSSR count). The molecule has 1 aliphatic rings. The summed E-state index contributed by atoms with van der Waals surface area (Å²) in [6, 6.07) is 17.0. The number of hydrogen-bond acceptors (Lipinski definition) is 3. The highest BCUT2D eigenvalue weighted by atomic mass is 16.5. The van der Waals surface area contributed by atoms with Crippen LogP contribution in [0, 0.1) is 0 Å². The number of nitrogens with zero attached hydrogens (tertiary/aromatic N) is 2. The standard InChI is InChI=1S/C20H18N2O2/c1-3-13-24-18-11-9-16(10-12-18)14-19-15(2)21-22(20(19)23)17-7-5-4-6-8-17/h3-12,14H,1,13H2,2H3. The molecule has 4 heteroatoms. The molecule has 24 heavy (non-hydrogen) atoms. The van der Waals surface area contributed by atoms with E-state index in [1.807, 2.05) is 67.6 Å². The van der Waals surface area contributed by atoms with Gasteiger partial charge in [0.1, 0.15) is 12.4 Å².